The second-order valence-corrected chi connectivity index (χ2v) is 10.6. The van der Waals surface area contributed by atoms with Crippen molar-refractivity contribution in [3.05, 3.63) is 83.9 Å². The van der Waals surface area contributed by atoms with Crippen LogP contribution in [0.5, 0.6) is 5.75 Å². The molecule has 1 saturated heterocycles. The van der Waals surface area contributed by atoms with Crippen molar-refractivity contribution in [3.8, 4) is 5.75 Å². The van der Waals surface area contributed by atoms with E-state index in [1.807, 2.05) is 36.7 Å². The van der Waals surface area contributed by atoms with E-state index in [0.29, 0.717) is 11.8 Å². The topological polar surface area (TPSA) is 65.0 Å². The summed E-state index contributed by atoms with van der Waals surface area (Å²) in [5.41, 5.74) is 2.93. The number of phenolic OH excluding ortho intramolecular Hbond substituents is 1. The Kier molecular flexibility index (Phi) is 8.46. The average Bonchev–Trinajstić information content (AvgIpc) is 2.96. The van der Waals surface area contributed by atoms with Gasteiger partial charge in [0.15, 0.2) is 0 Å². The molecule has 2 fully saturated rings. The van der Waals surface area contributed by atoms with Crippen molar-refractivity contribution in [1.29, 1.82) is 0 Å². The Balaban J connectivity index is 1.12. The summed E-state index contributed by atoms with van der Waals surface area (Å²) in [6.07, 6.45) is 14.2. The van der Waals surface area contributed by atoms with Crippen LogP contribution in [0.15, 0.2) is 67.2 Å². The third kappa shape index (κ3) is 6.75. The van der Waals surface area contributed by atoms with E-state index in [1.54, 1.807) is 18.4 Å². The van der Waals surface area contributed by atoms with Gasteiger partial charge in [0.05, 0.1) is 0 Å². The lowest BCUT2D eigenvalue weighted by molar-refractivity contribution is 0.0941. The Morgan fingerprint density at radius 1 is 0.973 bits per heavy atom. The van der Waals surface area contributed by atoms with Crippen molar-refractivity contribution in [2.24, 2.45) is 5.92 Å². The van der Waals surface area contributed by atoms with Crippen LogP contribution in [-0.2, 0) is 4.74 Å². The fraction of sp³-hybridized carbons (Fsp3) is 0.452. The highest BCUT2D eigenvalue weighted by molar-refractivity contribution is 5.95. The van der Waals surface area contributed by atoms with Crippen LogP contribution in [0.3, 0.4) is 0 Å². The fourth-order valence-electron chi connectivity index (χ4n) is 5.85. The largest absolute Gasteiger partial charge is 0.508 e. The number of carbonyl (C=O) groups is 1. The molecule has 0 aromatic heterocycles. The quantitative estimate of drug-likeness (QED) is 0.487. The zero-order valence-electron chi connectivity index (χ0n) is 21.6. The lowest BCUT2D eigenvalue weighted by atomic mass is 9.86. The van der Waals surface area contributed by atoms with Gasteiger partial charge in [0.2, 0.25) is 0 Å². The molecule has 3 aliphatic rings. The van der Waals surface area contributed by atoms with Gasteiger partial charge in [-0.05, 0) is 74.4 Å². The second-order valence-electron chi connectivity index (χ2n) is 10.6. The number of hydrogen-bond donors (Lipinski definition) is 2. The van der Waals surface area contributed by atoms with Crippen LogP contribution >= 0.6 is 0 Å². The Hall–Kier alpha value is -3.25. The Labute approximate surface area is 220 Å². The number of benzene rings is 2. The molecule has 2 N–H and O–H groups in total. The molecule has 196 valence electrons. The molecule has 0 bridgehead atoms. The van der Waals surface area contributed by atoms with Gasteiger partial charge in [-0.2, -0.15) is 0 Å². The van der Waals surface area contributed by atoms with Gasteiger partial charge in [-0.1, -0.05) is 49.6 Å². The number of piperidine rings is 1. The van der Waals surface area contributed by atoms with Crippen LogP contribution in [0.1, 0.15) is 72.3 Å². The number of amides is 1. The number of nitrogens with one attached hydrogen (secondary N) is 1. The number of phenols is 1. The molecule has 37 heavy (non-hydrogen) atoms. The average molecular weight is 502 g/mol. The first kappa shape index (κ1) is 25.4. The van der Waals surface area contributed by atoms with Gasteiger partial charge in [0.1, 0.15) is 17.8 Å². The van der Waals surface area contributed by atoms with Crippen LogP contribution in [-0.4, -0.2) is 53.5 Å². The Morgan fingerprint density at radius 3 is 2.59 bits per heavy atom. The van der Waals surface area contributed by atoms with Gasteiger partial charge in [0.25, 0.3) is 5.91 Å². The van der Waals surface area contributed by atoms with E-state index in [2.05, 4.69) is 27.2 Å². The summed E-state index contributed by atoms with van der Waals surface area (Å²) >= 11 is 0. The lowest BCUT2D eigenvalue weighted by Crippen LogP contribution is -2.38. The van der Waals surface area contributed by atoms with Crippen LogP contribution in [0, 0.1) is 5.92 Å². The number of carbonyl (C=O) groups excluding carboxylic acids is 1. The molecule has 0 radical (unpaired) electrons. The molecule has 1 saturated carbocycles. The van der Waals surface area contributed by atoms with Crippen molar-refractivity contribution < 1.29 is 14.6 Å². The van der Waals surface area contributed by atoms with Crippen molar-refractivity contribution in [1.82, 2.24) is 15.1 Å². The summed E-state index contributed by atoms with van der Waals surface area (Å²) < 4.78 is 5.67. The molecule has 2 aliphatic heterocycles. The summed E-state index contributed by atoms with van der Waals surface area (Å²) in [6, 6.07) is 15.3. The van der Waals surface area contributed by atoms with E-state index in [-0.39, 0.29) is 11.7 Å². The molecular weight excluding hydrogens is 462 g/mol. The molecule has 5 rings (SSSR count). The predicted octanol–water partition coefficient (Wildman–Crippen LogP) is 5.68. The van der Waals surface area contributed by atoms with Crippen LogP contribution in [0.25, 0.3) is 5.76 Å². The number of likely N-dealkylation sites (tertiary alicyclic amines) is 1. The fourth-order valence-corrected chi connectivity index (χ4v) is 5.85. The van der Waals surface area contributed by atoms with Crippen LogP contribution < -0.4 is 5.32 Å². The highest BCUT2D eigenvalue weighted by atomic mass is 16.5. The monoisotopic (exact) mass is 501 g/mol. The van der Waals surface area contributed by atoms with Crippen molar-refractivity contribution in [2.75, 3.05) is 32.7 Å². The van der Waals surface area contributed by atoms with Gasteiger partial charge in [0, 0.05) is 43.2 Å². The van der Waals surface area contributed by atoms with Gasteiger partial charge in [-0.25, -0.2) is 0 Å². The Morgan fingerprint density at radius 2 is 1.78 bits per heavy atom. The lowest BCUT2D eigenvalue weighted by Gasteiger charge is -2.34. The summed E-state index contributed by atoms with van der Waals surface area (Å²) in [7, 11) is 0. The van der Waals surface area contributed by atoms with Crippen LogP contribution in [0.4, 0.5) is 0 Å². The van der Waals surface area contributed by atoms with E-state index in [0.717, 1.165) is 62.5 Å². The maximum absolute atomic E-state index is 13.1. The van der Waals surface area contributed by atoms with Crippen molar-refractivity contribution in [2.45, 2.75) is 50.9 Å². The van der Waals surface area contributed by atoms with Crippen molar-refractivity contribution >= 4 is 11.7 Å². The first-order valence-electron chi connectivity index (χ1n) is 13.9. The summed E-state index contributed by atoms with van der Waals surface area (Å²) in [4.78, 5) is 17.7. The number of rotatable bonds is 8. The summed E-state index contributed by atoms with van der Waals surface area (Å²) in [6.45, 7) is 4.69. The van der Waals surface area contributed by atoms with E-state index in [4.69, 9.17) is 4.74 Å². The van der Waals surface area contributed by atoms with E-state index in [9.17, 15) is 9.90 Å². The number of nitrogens with zero attached hydrogens (tertiary/aromatic N) is 2. The SMILES string of the molecule is O=C(NCC1CCCCC1)c1ccccc1C1CCN(CCN2C=COC(c3cccc(O)c3)=C2)CC1. The third-order valence-corrected chi connectivity index (χ3v) is 8.04. The number of aromatic hydroxyl groups is 1. The molecule has 0 spiro atoms. The minimum absolute atomic E-state index is 0.0945. The molecule has 1 amide bonds. The van der Waals surface area contributed by atoms with E-state index in [1.165, 1.54) is 37.7 Å². The predicted molar refractivity (Wildman–Crippen MR) is 147 cm³/mol. The molecule has 0 unspecified atom stereocenters. The van der Waals surface area contributed by atoms with Gasteiger partial charge in [-0.15, -0.1) is 0 Å². The minimum atomic E-state index is 0.0945. The maximum atomic E-state index is 13.1. The van der Waals surface area contributed by atoms with Crippen molar-refractivity contribution in [3.63, 3.8) is 0 Å². The van der Waals surface area contributed by atoms with Gasteiger partial charge < -0.3 is 25.0 Å². The summed E-state index contributed by atoms with van der Waals surface area (Å²) in [5.74, 6) is 2.12. The molecule has 2 aromatic rings. The van der Waals surface area contributed by atoms with Crippen LogP contribution in [0.2, 0.25) is 0 Å². The highest BCUT2D eigenvalue weighted by Gasteiger charge is 2.25. The normalized spacial score (nSPS) is 19.4. The highest BCUT2D eigenvalue weighted by Crippen LogP contribution is 2.31. The van der Waals surface area contributed by atoms with Gasteiger partial charge >= 0.3 is 0 Å². The first-order valence-corrected chi connectivity index (χ1v) is 13.9. The minimum Gasteiger partial charge on any atom is -0.508 e. The number of ether oxygens (including phenoxy) is 1. The molecular formula is C31H39N3O3. The zero-order chi connectivity index (χ0) is 25.5. The standard InChI is InChI=1S/C31H39N3O3/c35-27-10-6-9-26(21-27)30-23-34(19-20-37-30)18-17-33-15-13-25(14-16-33)28-11-4-5-12-29(28)31(36)32-22-24-7-2-1-3-8-24/h4-6,9-12,19-21,23-25,35H,1-3,7-8,13-18,22H2,(H,32,36). The summed E-state index contributed by atoms with van der Waals surface area (Å²) in [5, 5.41) is 13.0. The molecule has 6 heteroatoms. The third-order valence-electron chi connectivity index (χ3n) is 8.04. The Bertz CT molecular complexity index is 1110. The zero-order valence-corrected chi connectivity index (χ0v) is 21.6. The molecule has 6 nitrogen and oxygen atoms in total. The molecule has 1 aliphatic carbocycles. The molecule has 2 aromatic carbocycles. The first-order chi connectivity index (χ1) is 18.2. The van der Waals surface area contributed by atoms with E-state index >= 15 is 0 Å². The number of hydrogen-bond acceptors (Lipinski definition) is 5. The molecule has 2 heterocycles. The molecule has 0 atom stereocenters. The second kappa shape index (κ2) is 12.3. The van der Waals surface area contributed by atoms with Gasteiger partial charge in [-0.3, -0.25) is 4.79 Å². The van der Waals surface area contributed by atoms with E-state index < -0.39 is 0 Å². The smallest absolute Gasteiger partial charge is 0.251 e. The maximum Gasteiger partial charge on any atom is 0.251 e.